The van der Waals surface area contributed by atoms with Gasteiger partial charge in [0.05, 0.1) is 0 Å². The lowest BCUT2D eigenvalue weighted by Gasteiger charge is -2.36. The molecule has 0 aromatic heterocycles. The number of halogens is 1. The average molecular weight is 355 g/mol. The third-order valence-electron chi connectivity index (χ3n) is 3.00. The van der Waals surface area contributed by atoms with Crippen molar-refractivity contribution in [3.8, 4) is 0 Å². The Bertz CT molecular complexity index is 554. The molecular weight excluding hydrogens is 336 g/mol. The number of carbonyl (C=O) groups excluding carboxylic acids is 2. The number of rotatable bonds is 1. The van der Waals surface area contributed by atoms with Gasteiger partial charge in [-0.15, -0.1) is 0 Å². The maximum absolute atomic E-state index is 12.3. The summed E-state index contributed by atoms with van der Waals surface area (Å²) in [5, 5.41) is 2.79. The molecule has 6 heteroatoms. The van der Waals surface area contributed by atoms with Crippen molar-refractivity contribution in [2.45, 2.75) is 32.4 Å². The molecule has 114 valence electrons. The van der Waals surface area contributed by atoms with Crippen LogP contribution in [-0.4, -0.2) is 35.6 Å². The fourth-order valence-electron chi connectivity index (χ4n) is 2.19. The Labute approximate surface area is 132 Å². The van der Waals surface area contributed by atoms with Crippen LogP contribution in [-0.2, 0) is 9.53 Å². The zero-order valence-electron chi connectivity index (χ0n) is 12.4. The van der Waals surface area contributed by atoms with Gasteiger partial charge in [0.15, 0.2) is 0 Å². The van der Waals surface area contributed by atoms with E-state index in [1.807, 2.05) is 45.0 Å². The van der Waals surface area contributed by atoms with Crippen LogP contribution in [0.4, 0.5) is 4.79 Å². The molecule has 0 spiro atoms. The molecule has 1 aliphatic rings. The van der Waals surface area contributed by atoms with Crippen LogP contribution in [0, 0.1) is 0 Å². The second-order valence-electron chi connectivity index (χ2n) is 5.92. The van der Waals surface area contributed by atoms with E-state index in [1.54, 1.807) is 0 Å². The smallest absolute Gasteiger partial charge is 0.411 e. The van der Waals surface area contributed by atoms with Crippen LogP contribution >= 0.6 is 15.9 Å². The van der Waals surface area contributed by atoms with Crippen molar-refractivity contribution in [2.75, 3.05) is 13.1 Å². The quantitative estimate of drug-likeness (QED) is 0.843. The maximum Gasteiger partial charge on any atom is 0.411 e. The lowest BCUT2D eigenvalue weighted by atomic mass is 10.0. The van der Waals surface area contributed by atoms with Gasteiger partial charge in [-0.1, -0.05) is 28.1 Å². The summed E-state index contributed by atoms with van der Waals surface area (Å²) < 4.78 is 6.27. The maximum atomic E-state index is 12.3. The molecule has 1 atom stereocenters. The molecule has 21 heavy (non-hydrogen) atoms. The minimum Gasteiger partial charge on any atom is -0.444 e. The number of nitrogens with zero attached hydrogens (tertiary/aromatic N) is 1. The van der Waals surface area contributed by atoms with Crippen molar-refractivity contribution in [3.05, 3.63) is 34.3 Å². The summed E-state index contributed by atoms with van der Waals surface area (Å²) in [6.07, 6.45) is -0.470. The van der Waals surface area contributed by atoms with Crippen molar-refractivity contribution in [1.82, 2.24) is 10.2 Å². The fourth-order valence-corrected chi connectivity index (χ4v) is 2.61. The van der Waals surface area contributed by atoms with E-state index in [1.165, 1.54) is 4.90 Å². The van der Waals surface area contributed by atoms with Gasteiger partial charge < -0.3 is 10.1 Å². The molecule has 5 nitrogen and oxygen atoms in total. The van der Waals surface area contributed by atoms with E-state index >= 15 is 0 Å². The Kier molecular flexibility index (Phi) is 4.56. The molecular formula is C15H19BrN2O3. The predicted molar refractivity (Wildman–Crippen MR) is 82.8 cm³/mol. The van der Waals surface area contributed by atoms with E-state index < -0.39 is 17.7 Å². The Balaban J connectivity index is 2.29. The average Bonchev–Trinajstić information content (AvgIpc) is 2.36. The molecule has 2 amide bonds. The first kappa shape index (κ1) is 15.8. The Morgan fingerprint density at radius 1 is 1.43 bits per heavy atom. The summed E-state index contributed by atoms with van der Waals surface area (Å²) in [6, 6.07) is 6.73. The molecule has 1 aliphatic heterocycles. The lowest BCUT2D eigenvalue weighted by Crippen LogP contribution is -2.53. The summed E-state index contributed by atoms with van der Waals surface area (Å²) in [5.74, 6) is -0.190. The highest BCUT2D eigenvalue weighted by atomic mass is 79.9. The molecule has 1 saturated heterocycles. The molecule has 0 radical (unpaired) electrons. The minimum atomic E-state index is -0.661. The number of hydrogen-bond donors (Lipinski definition) is 1. The van der Waals surface area contributed by atoms with Crippen LogP contribution in [0.2, 0.25) is 0 Å². The first-order chi connectivity index (χ1) is 9.78. The SMILES string of the molecule is CC(C)(C)OC(=O)N1CCNC(=O)[C@H]1c1cccc(Br)c1. The number of ether oxygens (including phenoxy) is 1. The van der Waals surface area contributed by atoms with Gasteiger partial charge in [-0.05, 0) is 38.5 Å². The second-order valence-corrected chi connectivity index (χ2v) is 6.84. The van der Waals surface area contributed by atoms with E-state index in [0.29, 0.717) is 13.1 Å². The summed E-state index contributed by atoms with van der Waals surface area (Å²) in [4.78, 5) is 26.0. The van der Waals surface area contributed by atoms with E-state index in [0.717, 1.165) is 10.0 Å². The van der Waals surface area contributed by atoms with Crippen molar-refractivity contribution in [2.24, 2.45) is 0 Å². The third-order valence-corrected chi connectivity index (χ3v) is 3.50. The molecule has 2 rings (SSSR count). The van der Waals surface area contributed by atoms with Crippen molar-refractivity contribution >= 4 is 27.9 Å². The normalized spacial score (nSPS) is 19.1. The van der Waals surface area contributed by atoms with Crippen molar-refractivity contribution in [3.63, 3.8) is 0 Å². The highest BCUT2D eigenvalue weighted by Gasteiger charge is 2.36. The zero-order chi connectivity index (χ0) is 15.6. The van der Waals surface area contributed by atoms with Crippen LogP contribution in [0.3, 0.4) is 0 Å². The van der Waals surface area contributed by atoms with E-state index in [-0.39, 0.29) is 5.91 Å². The summed E-state index contributed by atoms with van der Waals surface area (Å²) in [7, 11) is 0. The first-order valence-corrected chi connectivity index (χ1v) is 7.60. The molecule has 0 saturated carbocycles. The zero-order valence-corrected chi connectivity index (χ0v) is 13.9. The largest absolute Gasteiger partial charge is 0.444 e. The van der Waals surface area contributed by atoms with Crippen LogP contribution < -0.4 is 5.32 Å². The Hall–Kier alpha value is -1.56. The van der Waals surface area contributed by atoms with Gasteiger partial charge in [0.25, 0.3) is 0 Å². The van der Waals surface area contributed by atoms with Gasteiger partial charge in [0, 0.05) is 17.6 Å². The van der Waals surface area contributed by atoms with Gasteiger partial charge in [-0.25, -0.2) is 4.79 Å². The van der Waals surface area contributed by atoms with E-state index in [2.05, 4.69) is 21.2 Å². The van der Waals surface area contributed by atoms with Crippen molar-refractivity contribution < 1.29 is 14.3 Å². The topological polar surface area (TPSA) is 58.6 Å². The van der Waals surface area contributed by atoms with Gasteiger partial charge in [-0.3, -0.25) is 9.69 Å². The predicted octanol–water partition coefficient (Wildman–Crippen LogP) is 2.86. The van der Waals surface area contributed by atoms with E-state index in [4.69, 9.17) is 4.74 Å². The molecule has 1 aromatic carbocycles. The third kappa shape index (κ3) is 3.97. The number of piperazine rings is 1. The highest BCUT2D eigenvalue weighted by Crippen LogP contribution is 2.27. The molecule has 1 fully saturated rings. The minimum absolute atomic E-state index is 0.190. The molecule has 0 aliphatic carbocycles. The molecule has 1 N–H and O–H groups in total. The number of hydrogen-bond acceptors (Lipinski definition) is 3. The molecule has 1 aromatic rings. The van der Waals surface area contributed by atoms with Gasteiger partial charge in [0.1, 0.15) is 11.6 Å². The number of amides is 2. The van der Waals surface area contributed by atoms with Gasteiger partial charge in [0.2, 0.25) is 5.91 Å². The van der Waals surface area contributed by atoms with Crippen molar-refractivity contribution in [1.29, 1.82) is 0 Å². The second kappa shape index (κ2) is 6.05. The number of carbonyl (C=O) groups is 2. The van der Waals surface area contributed by atoms with Gasteiger partial charge in [-0.2, -0.15) is 0 Å². The molecule has 0 unspecified atom stereocenters. The monoisotopic (exact) mass is 354 g/mol. The highest BCUT2D eigenvalue weighted by molar-refractivity contribution is 9.10. The van der Waals surface area contributed by atoms with Crippen LogP contribution in [0.5, 0.6) is 0 Å². The Morgan fingerprint density at radius 2 is 2.14 bits per heavy atom. The van der Waals surface area contributed by atoms with E-state index in [9.17, 15) is 9.59 Å². The van der Waals surface area contributed by atoms with Gasteiger partial charge >= 0.3 is 6.09 Å². The Morgan fingerprint density at radius 3 is 2.76 bits per heavy atom. The van der Waals surface area contributed by atoms with Crippen LogP contribution in [0.1, 0.15) is 32.4 Å². The first-order valence-electron chi connectivity index (χ1n) is 6.81. The molecule has 1 heterocycles. The summed E-state index contributed by atoms with van der Waals surface area (Å²) >= 11 is 3.39. The van der Waals surface area contributed by atoms with Crippen LogP contribution in [0.25, 0.3) is 0 Å². The summed E-state index contributed by atoms with van der Waals surface area (Å²) in [5.41, 5.74) is 0.166. The number of benzene rings is 1. The lowest BCUT2D eigenvalue weighted by molar-refractivity contribution is -0.129. The molecule has 0 bridgehead atoms. The van der Waals surface area contributed by atoms with Crippen LogP contribution in [0.15, 0.2) is 28.7 Å². The number of nitrogens with one attached hydrogen (secondary N) is 1. The fraction of sp³-hybridized carbons (Fsp3) is 0.467. The summed E-state index contributed by atoms with van der Waals surface area (Å²) in [6.45, 7) is 6.29. The standard InChI is InChI=1S/C15H19BrN2O3/c1-15(2,3)21-14(20)18-8-7-17-13(19)12(18)10-5-4-6-11(16)9-10/h4-6,9,12H,7-8H2,1-3H3,(H,17,19)/t12-/m1/s1.